The van der Waals surface area contributed by atoms with Crippen molar-refractivity contribution < 1.29 is 14.6 Å². The lowest BCUT2D eigenvalue weighted by atomic mass is 10.1. The summed E-state index contributed by atoms with van der Waals surface area (Å²) in [4.78, 5) is 15.1. The second kappa shape index (κ2) is 4.61. The molecule has 0 bridgehead atoms. The number of fused-ring (bicyclic) bond motifs is 1. The Morgan fingerprint density at radius 3 is 3.05 bits per heavy atom. The maximum Gasteiger partial charge on any atom is 0.337 e. The van der Waals surface area contributed by atoms with Crippen LogP contribution in [-0.2, 0) is 0 Å². The number of ether oxygens (including phenoxy) is 1. The number of carbonyl (C=O) groups is 1. The van der Waals surface area contributed by atoms with Crippen LogP contribution in [0.1, 0.15) is 22.0 Å². The SMILES string of the molecule is O=C(O)c1ccncc1NC1COc2ccccc21. The highest BCUT2D eigenvalue weighted by atomic mass is 16.5. The van der Waals surface area contributed by atoms with Gasteiger partial charge in [0.25, 0.3) is 0 Å². The average molecular weight is 256 g/mol. The third kappa shape index (κ3) is 2.10. The molecule has 2 aromatic rings. The summed E-state index contributed by atoms with van der Waals surface area (Å²) in [5, 5.41) is 12.3. The van der Waals surface area contributed by atoms with Crippen molar-refractivity contribution in [3.8, 4) is 5.75 Å². The average Bonchev–Trinajstić information content (AvgIpc) is 2.83. The molecule has 1 aromatic heterocycles. The first kappa shape index (κ1) is 11.5. The summed E-state index contributed by atoms with van der Waals surface area (Å²) in [6, 6.07) is 9.14. The highest BCUT2D eigenvalue weighted by Crippen LogP contribution is 2.34. The van der Waals surface area contributed by atoms with E-state index in [1.54, 1.807) is 0 Å². The van der Waals surface area contributed by atoms with Crippen LogP contribution in [0.15, 0.2) is 42.7 Å². The molecule has 5 heteroatoms. The molecule has 0 spiro atoms. The van der Waals surface area contributed by atoms with Crippen molar-refractivity contribution in [2.24, 2.45) is 0 Å². The topological polar surface area (TPSA) is 71.5 Å². The molecule has 1 atom stereocenters. The van der Waals surface area contributed by atoms with E-state index in [0.29, 0.717) is 12.3 Å². The van der Waals surface area contributed by atoms with Crippen molar-refractivity contribution in [1.29, 1.82) is 0 Å². The summed E-state index contributed by atoms with van der Waals surface area (Å²) < 4.78 is 5.55. The Hall–Kier alpha value is -2.56. The van der Waals surface area contributed by atoms with Gasteiger partial charge in [0.05, 0.1) is 23.5 Å². The van der Waals surface area contributed by atoms with E-state index in [2.05, 4.69) is 10.3 Å². The molecule has 0 saturated heterocycles. The Morgan fingerprint density at radius 1 is 1.37 bits per heavy atom. The zero-order chi connectivity index (χ0) is 13.2. The number of benzene rings is 1. The molecule has 19 heavy (non-hydrogen) atoms. The van der Waals surface area contributed by atoms with Gasteiger partial charge in [0.2, 0.25) is 0 Å². The van der Waals surface area contributed by atoms with Crippen molar-refractivity contribution in [1.82, 2.24) is 4.98 Å². The quantitative estimate of drug-likeness (QED) is 0.881. The molecule has 96 valence electrons. The zero-order valence-corrected chi connectivity index (χ0v) is 10.0. The molecule has 0 saturated carbocycles. The summed E-state index contributed by atoms with van der Waals surface area (Å²) in [5.74, 6) is -0.141. The minimum atomic E-state index is -0.975. The normalized spacial score (nSPS) is 16.5. The van der Waals surface area contributed by atoms with Gasteiger partial charge in [0.15, 0.2) is 0 Å². The Morgan fingerprint density at radius 2 is 2.21 bits per heavy atom. The van der Waals surface area contributed by atoms with Crippen LogP contribution >= 0.6 is 0 Å². The van der Waals surface area contributed by atoms with Gasteiger partial charge in [0.1, 0.15) is 12.4 Å². The van der Waals surface area contributed by atoms with Crippen LogP contribution in [0.3, 0.4) is 0 Å². The van der Waals surface area contributed by atoms with Crippen LogP contribution in [0, 0.1) is 0 Å². The largest absolute Gasteiger partial charge is 0.491 e. The van der Waals surface area contributed by atoms with Crippen LogP contribution in [0.25, 0.3) is 0 Å². The van der Waals surface area contributed by atoms with Gasteiger partial charge < -0.3 is 15.2 Å². The second-order valence-electron chi connectivity index (χ2n) is 4.27. The molecule has 2 heterocycles. The number of anilines is 1. The molecule has 0 fully saturated rings. The Bertz CT molecular complexity index is 628. The standard InChI is InChI=1S/C14H12N2O3/c17-14(18)10-5-6-15-7-11(10)16-12-8-19-13-4-2-1-3-9(12)13/h1-7,12,16H,8H2,(H,17,18). The number of aromatic carboxylic acids is 1. The molecule has 1 unspecified atom stereocenters. The summed E-state index contributed by atoms with van der Waals surface area (Å²) in [7, 11) is 0. The molecule has 0 radical (unpaired) electrons. The predicted octanol–water partition coefficient (Wildman–Crippen LogP) is 2.33. The monoisotopic (exact) mass is 256 g/mol. The van der Waals surface area contributed by atoms with Crippen LogP contribution in [-0.4, -0.2) is 22.7 Å². The lowest BCUT2D eigenvalue weighted by Gasteiger charge is -2.14. The van der Waals surface area contributed by atoms with Gasteiger partial charge in [0, 0.05) is 11.8 Å². The number of hydrogen-bond donors (Lipinski definition) is 2. The number of carboxylic acids is 1. The molecular weight excluding hydrogens is 244 g/mol. The predicted molar refractivity (Wildman–Crippen MR) is 69.5 cm³/mol. The van der Waals surface area contributed by atoms with E-state index in [-0.39, 0.29) is 11.6 Å². The van der Waals surface area contributed by atoms with Gasteiger partial charge in [-0.15, -0.1) is 0 Å². The first-order chi connectivity index (χ1) is 9.25. The van der Waals surface area contributed by atoms with Crippen LogP contribution in [0.2, 0.25) is 0 Å². The van der Waals surface area contributed by atoms with Gasteiger partial charge >= 0.3 is 5.97 Å². The van der Waals surface area contributed by atoms with Crippen molar-refractivity contribution in [3.05, 3.63) is 53.9 Å². The smallest absolute Gasteiger partial charge is 0.337 e. The molecule has 5 nitrogen and oxygen atoms in total. The highest BCUT2D eigenvalue weighted by Gasteiger charge is 2.24. The van der Waals surface area contributed by atoms with Crippen molar-refractivity contribution in [3.63, 3.8) is 0 Å². The molecule has 2 N–H and O–H groups in total. The molecule has 1 aliphatic heterocycles. The maximum absolute atomic E-state index is 11.1. The number of carboxylic acid groups (broad SMARTS) is 1. The minimum Gasteiger partial charge on any atom is -0.491 e. The number of aromatic nitrogens is 1. The van der Waals surface area contributed by atoms with Gasteiger partial charge in [-0.05, 0) is 12.1 Å². The fraction of sp³-hybridized carbons (Fsp3) is 0.143. The summed E-state index contributed by atoms with van der Waals surface area (Å²) in [5.41, 5.74) is 1.74. The van der Waals surface area contributed by atoms with Crippen molar-refractivity contribution in [2.45, 2.75) is 6.04 Å². The fourth-order valence-electron chi connectivity index (χ4n) is 2.17. The van der Waals surface area contributed by atoms with E-state index in [1.165, 1.54) is 18.5 Å². The molecule has 3 rings (SSSR count). The van der Waals surface area contributed by atoms with Crippen LogP contribution in [0.4, 0.5) is 5.69 Å². The Labute approximate surface area is 109 Å². The van der Waals surface area contributed by atoms with Gasteiger partial charge in [-0.1, -0.05) is 18.2 Å². The number of pyridine rings is 1. The minimum absolute atomic E-state index is 0.0569. The number of rotatable bonds is 3. The first-order valence-electron chi connectivity index (χ1n) is 5.91. The first-order valence-corrected chi connectivity index (χ1v) is 5.91. The van der Waals surface area contributed by atoms with Crippen LogP contribution < -0.4 is 10.1 Å². The van der Waals surface area contributed by atoms with E-state index in [1.807, 2.05) is 24.3 Å². The Balaban J connectivity index is 1.90. The number of nitrogens with zero attached hydrogens (tertiary/aromatic N) is 1. The number of para-hydroxylation sites is 1. The lowest BCUT2D eigenvalue weighted by Crippen LogP contribution is -2.14. The summed E-state index contributed by atoms with van der Waals surface area (Å²) in [6.45, 7) is 0.479. The van der Waals surface area contributed by atoms with E-state index in [4.69, 9.17) is 9.84 Å². The molecule has 0 aliphatic carbocycles. The zero-order valence-electron chi connectivity index (χ0n) is 10.0. The van der Waals surface area contributed by atoms with Crippen LogP contribution in [0.5, 0.6) is 5.75 Å². The third-order valence-electron chi connectivity index (χ3n) is 3.08. The van der Waals surface area contributed by atoms with Crippen molar-refractivity contribution in [2.75, 3.05) is 11.9 Å². The Kier molecular flexibility index (Phi) is 2.79. The molecule has 1 aromatic carbocycles. The number of hydrogen-bond acceptors (Lipinski definition) is 4. The van der Waals surface area contributed by atoms with Gasteiger partial charge in [-0.25, -0.2) is 4.79 Å². The fourth-order valence-corrected chi connectivity index (χ4v) is 2.17. The van der Waals surface area contributed by atoms with Gasteiger partial charge in [-0.3, -0.25) is 4.98 Å². The van der Waals surface area contributed by atoms with Gasteiger partial charge in [-0.2, -0.15) is 0 Å². The van der Waals surface area contributed by atoms with E-state index < -0.39 is 5.97 Å². The second-order valence-corrected chi connectivity index (χ2v) is 4.27. The maximum atomic E-state index is 11.1. The highest BCUT2D eigenvalue weighted by molar-refractivity contribution is 5.93. The summed E-state index contributed by atoms with van der Waals surface area (Å²) in [6.07, 6.45) is 2.98. The summed E-state index contributed by atoms with van der Waals surface area (Å²) >= 11 is 0. The van der Waals surface area contributed by atoms with Crippen molar-refractivity contribution >= 4 is 11.7 Å². The molecular formula is C14H12N2O3. The number of nitrogens with one attached hydrogen (secondary N) is 1. The molecule has 0 amide bonds. The van der Waals surface area contributed by atoms with E-state index >= 15 is 0 Å². The van der Waals surface area contributed by atoms with E-state index in [0.717, 1.165) is 11.3 Å². The molecule has 1 aliphatic rings. The third-order valence-corrected chi connectivity index (χ3v) is 3.08. The lowest BCUT2D eigenvalue weighted by molar-refractivity contribution is 0.0697. The van der Waals surface area contributed by atoms with E-state index in [9.17, 15) is 4.79 Å².